The van der Waals surface area contributed by atoms with E-state index < -0.39 is 0 Å². The molecule has 2 aromatic rings. The van der Waals surface area contributed by atoms with E-state index in [-0.39, 0.29) is 24.9 Å². The first-order valence-corrected chi connectivity index (χ1v) is 8.49. The van der Waals surface area contributed by atoms with Gasteiger partial charge in [-0.3, -0.25) is 9.59 Å². The third-order valence-electron chi connectivity index (χ3n) is 3.80. The molecule has 0 aliphatic rings. The zero-order valence-corrected chi connectivity index (χ0v) is 15.7. The molecule has 0 heterocycles. The molecule has 0 spiro atoms. The first-order chi connectivity index (χ1) is 12.4. The Balaban J connectivity index is 1.81. The third kappa shape index (κ3) is 6.22. The van der Waals surface area contributed by atoms with E-state index in [1.54, 1.807) is 31.4 Å². The summed E-state index contributed by atoms with van der Waals surface area (Å²) < 4.78 is 5.08. The van der Waals surface area contributed by atoms with E-state index >= 15 is 0 Å². The van der Waals surface area contributed by atoms with Crippen LogP contribution in [0.15, 0.2) is 42.5 Å². The van der Waals surface area contributed by atoms with E-state index in [0.717, 1.165) is 27.5 Å². The van der Waals surface area contributed by atoms with E-state index in [2.05, 4.69) is 16.7 Å². The average molecular weight is 356 g/mol. The van der Waals surface area contributed by atoms with Gasteiger partial charge in [-0.1, -0.05) is 6.07 Å². The topological polar surface area (TPSA) is 71.9 Å². The summed E-state index contributed by atoms with van der Waals surface area (Å²) in [6, 6.07) is 13.0. The summed E-state index contributed by atoms with van der Waals surface area (Å²) in [5, 5.41) is 5.70. The summed E-state index contributed by atoms with van der Waals surface area (Å²) in [5.41, 5.74) is 3.67. The Bertz CT molecular complexity index is 752. The molecule has 0 bridgehead atoms. The molecule has 26 heavy (non-hydrogen) atoms. The molecule has 6 nitrogen and oxygen atoms in total. The Morgan fingerprint density at radius 1 is 0.885 bits per heavy atom. The lowest BCUT2D eigenvalue weighted by Gasteiger charge is -2.14. The van der Waals surface area contributed by atoms with Crippen molar-refractivity contribution in [3.05, 3.63) is 53.6 Å². The zero-order chi connectivity index (χ0) is 19.1. The number of aryl methyl sites for hydroxylation is 2. The van der Waals surface area contributed by atoms with Crippen LogP contribution < -0.4 is 20.3 Å². The molecule has 0 aliphatic carbocycles. The van der Waals surface area contributed by atoms with Crippen LogP contribution >= 0.6 is 0 Å². The molecule has 2 rings (SSSR count). The molecule has 1 atom stereocenters. The van der Waals surface area contributed by atoms with Crippen molar-refractivity contribution in [1.29, 1.82) is 0 Å². The van der Waals surface area contributed by atoms with Gasteiger partial charge >= 0.3 is 0 Å². The Hall–Kier alpha value is -2.86. The lowest BCUT2D eigenvalue weighted by molar-refractivity contribution is -0.862. The highest BCUT2D eigenvalue weighted by Gasteiger charge is 2.14. The summed E-state index contributed by atoms with van der Waals surface area (Å²) in [7, 11) is 3.41. The quantitative estimate of drug-likeness (QED) is 0.702. The Morgan fingerprint density at radius 3 is 1.88 bits per heavy atom. The van der Waals surface area contributed by atoms with E-state index in [4.69, 9.17) is 4.74 Å². The number of carbonyl (C=O) groups is 2. The summed E-state index contributed by atoms with van der Waals surface area (Å²) in [5.74, 6) is 0.463. The smallest absolute Gasteiger partial charge is 0.279 e. The number of anilines is 2. The Morgan fingerprint density at radius 2 is 1.38 bits per heavy atom. The predicted molar refractivity (Wildman–Crippen MR) is 103 cm³/mol. The van der Waals surface area contributed by atoms with Gasteiger partial charge < -0.3 is 20.3 Å². The van der Waals surface area contributed by atoms with Crippen molar-refractivity contribution in [1.82, 2.24) is 0 Å². The normalized spacial score (nSPS) is 11.5. The number of rotatable bonds is 7. The molecule has 0 saturated heterocycles. The molecule has 6 heteroatoms. The number of hydrogen-bond donors (Lipinski definition) is 3. The number of likely N-dealkylation sites (N-methyl/N-ethyl adjacent to an activating group) is 1. The molecule has 0 aliphatic heterocycles. The van der Waals surface area contributed by atoms with Crippen LogP contribution in [0.2, 0.25) is 0 Å². The maximum atomic E-state index is 12.2. The van der Waals surface area contributed by atoms with Crippen LogP contribution in [0.3, 0.4) is 0 Å². The van der Waals surface area contributed by atoms with E-state index in [1.807, 2.05) is 33.0 Å². The summed E-state index contributed by atoms with van der Waals surface area (Å²) >= 11 is 0. The van der Waals surface area contributed by atoms with Gasteiger partial charge in [-0.25, -0.2) is 0 Å². The highest BCUT2D eigenvalue weighted by atomic mass is 16.5. The van der Waals surface area contributed by atoms with Crippen molar-refractivity contribution < 1.29 is 19.2 Å². The summed E-state index contributed by atoms with van der Waals surface area (Å²) in [4.78, 5) is 25.1. The first kappa shape index (κ1) is 19.5. The second-order valence-corrected chi connectivity index (χ2v) is 6.51. The molecule has 0 radical (unpaired) electrons. The van der Waals surface area contributed by atoms with E-state index in [0.29, 0.717) is 5.69 Å². The van der Waals surface area contributed by atoms with Crippen molar-refractivity contribution in [2.24, 2.45) is 0 Å². The molecule has 0 saturated carbocycles. The molecule has 3 N–H and O–H groups in total. The van der Waals surface area contributed by atoms with Crippen molar-refractivity contribution in [3.8, 4) is 5.75 Å². The number of carbonyl (C=O) groups excluding carboxylic acids is 2. The van der Waals surface area contributed by atoms with Crippen LogP contribution in [0.4, 0.5) is 11.4 Å². The number of hydrogen-bond acceptors (Lipinski definition) is 3. The third-order valence-corrected chi connectivity index (χ3v) is 3.80. The van der Waals surface area contributed by atoms with Crippen molar-refractivity contribution >= 4 is 23.2 Å². The van der Waals surface area contributed by atoms with E-state index in [9.17, 15) is 9.59 Å². The molecule has 138 valence electrons. The molecule has 1 unspecified atom stereocenters. The van der Waals surface area contributed by atoms with Gasteiger partial charge in [0.25, 0.3) is 11.8 Å². The SMILES string of the molecule is COc1ccc(NC(=O)C[NH+](C)CC(=O)Nc2cc(C)cc(C)c2)cc1. The Kier molecular flexibility index (Phi) is 6.74. The maximum absolute atomic E-state index is 12.2. The second kappa shape index (κ2) is 9.01. The second-order valence-electron chi connectivity index (χ2n) is 6.51. The predicted octanol–water partition coefficient (Wildman–Crippen LogP) is 1.40. The average Bonchev–Trinajstić information content (AvgIpc) is 2.53. The number of nitrogens with one attached hydrogen (secondary N) is 3. The number of quaternary nitrogens is 1. The standard InChI is InChI=1S/C20H25N3O3/c1-14-9-15(2)11-17(10-14)22-20(25)13-23(3)12-19(24)21-16-5-7-18(26-4)8-6-16/h5-11H,12-13H2,1-4H3,(H,21,24)(H,22,25)/p+1. The first-order valence-electron chi connectivity index (χ1n) is 8.49. The van der Waals surface area contributed by atoms with Gasteiger partial charge in [0.15, 0.2) is 13.1 Å². The largest absolute Gasteiger partial charge is 0.497 e. The van der Waals surface area contributed by atoms with Gasteiger partial charge in [0.2, 0.25) is 0 Å². The fourth-order valence-corrected chi connectivity index (χ4v) is 2.74. The Labute approximate surface area is 154 Å². The highest BCUT2D eigenvalue weighted by Crippen LogP contribution is 2.15. The minimum atomic E-state index is -0.146. The summed E-state index contributed by atoms with van der Waals surface area (Å²) in [6.07, 6.45) is 0. The zero-order valence-electron chi connectivity index (χ0n) is 15.7. The van der Waals surface area contributed by atoms with Gasteiger partial charge in [-0.05, 0) is 61.4 Å². The van der Waals surface area contributed by atoms with Gasteiger partial charge in [-0.15, -0.1) is 0 Å². The number of amides is 2. The van der Waals surface area contributed by atoms with Crippen molar-refractivity contribution in [3.63, 3.8) is 0 Å². The van der Waals surface area contributed by atoms with Crippen LogP contribution in [0.5, 0.6) is 5.75 Å². The van der Waals surface area contributed by atoms with Gasteiger partial charge in [0, 0.05) is 11.4 Å². The van der Waals surface area contributed by atoms with Crippen LogP contribution in [0.1, 0.15) is 11.1 Å². The minimum Gasteiger partial charge on any atom is -0.497 e. The maximum Gasteiger partial charge on any atom is 0.279 e. The van der Waals surface area contributed by atoms with Crippen LogP contribution in [0.25, 0.3) is 0 Å². The van der Waals surface area contributed by atoms with Crippen LogP contribution in [-0.2, 0) is 9.59 Å². The van der Waals surface area contributed by atoms with Crippen LogP contribution in [0, 0.1) is 13.8 Å². The van der Waals surface area contributed by atoms with Gasteiger partial charge in [0.1, 0.15) is 5.75 Å². The monoisotopic (exact) mass is 356 g/mol. The van der Waals surface area contributed by atoms with Gasteiger partial charge in [-0.2, -0.15) is 0 Å². The molecular formula is C20H26N3O3+. The number of methoxy groups -OCH3 is 1. The number of benzene rings is 2. The summed E-state index contributed by atoms with van der Waals surface area (Å²) in [6.45, 7) is 4.39. The van der Waals surface area contributed by atoms with Gasteiger partial charge in [0.05, 0.1) is 14.2 Å². The molecule has 0 fully saturated rings. The molecule has 0 aromatic heterocycles. The molecule has 2 amide bonds. The highest BCUT2D eigenvalue weighted by molar-refractivity contribution is 5.93. The fraction of sp³-hybridized carbons (Fsp3) is 0.300. The fourth-order valence-electron chi connectivity index (χ4n) is 2.74. The van der Waals surface area contributed by atoms with Crippen molar-refractivity contribution in [2.45, 2.75) is 13.8 Å². The van der Waals surface area contributed by atoms with Crippen molar-refractivity contribution in [2.75, 3.05) is 37.9 Å². The number of ether oxygens (including phenoxy) is 1. The molecular weight excluding hydrogens is 330 g/mol. The molecule has 2 aromatic carbocycles. The minimum absolute atomic E-state index is 0.121. The lowest BCUT2D eigenvalue weighted by Crippen LogP contribution is -3.11. The van der Waals surface area contributed by atoms with Crippen LogP contribution in [-0.4, -0.2) is 39.1 Å². The lowest BCUT2D eigenvalue weighted by atomic mass is 10.1. The van der Waals surface area contributed by atoms with E-state index in [1.165, 1.54) is 0 Å².